The topological polar surface area (TPSA) is 55.6 Å². The van der Waals surface area contributed by atoms with Gasteiger partial charge in [0.05, 0.1) is 12.6 Å². The maximum Gasteiger partial charge on any atom is 0.242 e. The van der Waals surface area contributed by atoms with Crippen molar-refractivity contribution in [3.63, 3.8) is 0 Å². The van der Waals surface area contributed by atoms with Gasteiger partial charge in [-0.15, -0.1) is 0 Å². The summed E-state index contributed by atoms with van der Waals surface area (Å²) in [4.78, 5) is 14.7. The number of nitrogens with two attached hydrogens (primary N) is 1. The van der Waals surface area contributed by atoms with E-state index in [0.717, 1.165) is 63.8 Å². The van der Waals surface area contributed by atoms with E-state index in [1.165, 1.54) is 5.56 Å². The highest BCUT2D eigenvalue weighted by Gasteiger charge is 2.40. The first kappa shape index (κ1) is 16.3. The second kappa shape index (κ2) is 6.91. The van der Waals surface area contributed by atoms with Crippen LogP contribution >= 0.6 is 0 Å². The summed E-state index contributed by atoms with van der Waals surface area (Å²) in [6.45, 7) is 1.69. The average molecular weight is 316 g/mol. The van der Waals surface area contributed by atoms with Gasteiger partial charge in [0.25, 0.3) is 0 Å². The number of nitrogens with zero attached hydrogens (tertiary/aromatic N) is 1. The van der Waals surface area contributed by atoms with Crippen LogP contribution in [-0.2, 0) is 11.2 Å². The Hall–Kier alpha value is -1.55. The summed E-state index contributed by atoms with van der Waals surface area (Å²) in [5.74, 6) is 1.77. The number of ether oxygens (including phenoxy) is 1. The minimum atomic E-state index is -0.574. The van der Waals surface area contributed by atoms with E-state index in [1.807, 2.05) is 17.0 Å². The van der Waals surface area contributed by atoms with Gasteiger partial charge in [-0.25, -0.2) is 0 Å². The predicted octanol–water partition coefficient (Wildman–Crippen LogP) is 2.75. The number of hydrogen-bond donors (Lipinski definition) is 1. The van der Waals surface area contributed by atoms with Crippen LogP contribution in [0.3, 0.4) is 0 Å². The standard InChI is InChI=1S/C19H28N2O2/c1-23-17-7-3-2-6-16(17)14-15-8-12-21(13-9-15)18(22)19(20)10-4-5-11-19/h2-3,6-7,15H,4-5,8-14,20H2,1H3. The quantitative estimate of drug-likeness (QED) is 0.929. The Bertz CT molecular complexity index is 544. The number of amides is 1. The van der Waals surface area contributed by atoms with Gasteiger partial charge in [-0.3, -0.25) is 4.79 Å². The van der Waals surface area contributed by atoms with Crippen LogP contribution in [0.2, 0.25) is 0 Å². The summed E-state index contributed by atoms with van der Waals surface area (Å²) in [7, 11) is 1.72. The molecule has 0 aromatic heterocycles. The third-order valence-corrected chi connectivity index (χ3v) is 5.52. The molecule has 2 aliphatic rings. The number of benzene rings is 1. The zero-order chi connectivity index (χ0) is 16.3. The normalized spacial score (nSPS) is 21.4. The van der Waals surface area contributed by atoms with Gasteiger partial charge in [0, 0.05) is 13.1 Å². The van der Waals surface area contributed by atoms with Crippen LogP contribution in [0, 0.1) is 5.92 Å². The summed E-state index contributed by atoms with van der Waals surface area (Å²) in [5, 5.41) is 0. The average Bonchev–Trinajstić information content (AvgIpc) is 3.03. The maximum absolute atomic E-state index is 12.7. The van der Waals surface area contributed by atoms with Crippen LogP contribution in [0.15, 0.2) is 24.3 Å². The van der Waals surface area contributed by atoms with E-state index < -0.39 is 5.54 Å². The maximum atomic E-state index is 12.7. The molecule has 1 aliphatic heterocycles. The molecule has 23 heavy (non-hydrogen) atoms. The molecular formula is C19H28N2O2. The molecule has 1 aromatic carbocycles. The molecule has 4 heteroatoms. The molecule has 0 bridgehead atoms. The van der Waals surface area contributed by atoms with E-state index in [-0.39, 0.29) is 5.91 Å². The molecule has 126 valence electrons. The zero-order valence-corrected chi connectivity index (χ0v) is 14.1. The second-order valence-corrected chi connectivity index (χ2v) is 7.11. The summed E-state index contributed by atoms with van der Waals surface area (Å²) >= 11 is 0. The molecular weight excluding hydrogens is 288 g/mol. The Balaban J connectivity index is 1.55. The molecule has 1 aromatic rings. The fraction of sp³-hybridized carbons (Fsp3) is 0.632. The highest BCUT2D eigenvalue weighted by Crippen LogP contribution is 2.32. The number of carbonyl (C=O) groups excluding carboxylic acids is 1. The fourth-order valence-corrected chi connectivity index (χ4v) is 4.06. The van der Waals surface area contributed by atoms with Gasteiger partial charge in [-0.05, 0) is 49.7 Å². The van der Waals surface area contributed by atoms with Gasteiger partial charge in [-0.2, -0.15) is 0 Å². The molecule has 3 rings (SSSR count). The van der Waals surface area contributed by atoms with E-state index in [2.05, 4.69) is 12.1 Å². The molecule has 0 spiro atoms. The number of rotatable bonds is 4. The van der Waals surface area contributed by atoms with Crippen molar-refractivity contribution in [2.75, 3.05) is 20.2 Å². The van der Waals surface area contributed by atoms with E-state index in [9.17, 15) is 4.79 Å². The van der Waals surface area contributed by atoms with Gasteiger partial charge < -0.3 is 15.4 Å². The molecule has 0 radical (unpaired) electrons. The largest absolute Gasteiger partial charge is 0.496 e. The Morgan fingerprint density at radius 1 is 1.26 bits per heavy atom. The van der Waals surface area contributed by atoms with Gasteiger partial charge in [0.1, 0.15) is 5.75 Å². The van der Waals surface area contributed by atoms with Crippen molar-refractivity contribution in [1.29, 1.82) is 0 Å². The SMILES string of the molecule is COc1ccccc1CC1CCN(C(=O)C2(N)CCCC2)CC1. The molecule has 4 nitrogen and oxygen atoms in total. The number of para-hydroxylation sites is 1. The summed E-state index contributed by atoms with van der Waals surface area (Å²) in [6.07, 6.45) is 7.03. The Labute approximate surface area is 139 Å². The zero-order valence-electron chi connectivity index (χ0n) is 14.1. The number of carbonyl (C=O) groups is 1. The lowest BCUT2D eigenvalue weighted by Crippen LogP contribution is -2.55. The third kappa shape index (κ3) is 3.52. The minimum Gasteiger partial charge on any atom is -0.496 e. The molecule has 1 saturated heterocycles. The number of piperidine rings is 1. The van der Waals surface area contributed by atoms with Gasteiger partial charge in [0.15, 0.2) is 0 Å². The third-order valence-electron chi connectivity index (χ3n) is 5.52. The Morgan fingerprint density at radius 2 is 1.91 bits per heavy atom. The molecule has 1 aliphatic carbocycles. The van der Waals surface area contributed by atoms with Crippen molar-refractivity contribution in [2.24, 2.45) is 11.7 Å². The van der Waals surface area contributed by atoms with E-state index >= 15 is 0 Å². The fourth-order valence-electron chi connectivity index (χ4n) is 4.06. The van der Waals surface area contributed by atoms with Crippen molar-refractivity contribution >= 4 is 5.91 Å². The van der Waals surface area contributed by atoms with Crippen LogP contribution < -0.4 is 10.5 Å². The smallest absolute Gasteiger partial charge is 0.242 e. The summed E-state index contributed by atoms with van der Waals surface area (Å²) in [6, 6.07) is 8.23. The van der Waals surface area contributed by atoms with Crippen LogP contribution in [0.25, 0.3) is 0 Å². The highest BCUT2D eigenvalue weighted by molar-refractivity contribution is 5.86. The van der Waals surface area contributed by atoms with Crippen molar-refractivity contribution in [2.45, 2.75) is 50.5 Å². The Morgan fingerprint density at radius 3 is 2.57 bits per heavy atom. The minimum absolute atomic E-state index is 0.186. The predicted molar refractivity (Wildman–Crippen MR) is 91.4 cm³/mol. The van der Waals surface area contributed by atoms with E-state index in [1.54, 1.807) is 7.11 Å². The molecule has 1 saturated carbocycles. The highest BCUT2D eigenvalue weighted by atomic mass is 16.5. The van der Waals surface area contributed by atoms with Crippen LogP contribution in [0.5, 0.6) is 5.75 Å². The molecule has 0 atom stereocenters. The lowest BCUT2D eigenvalue weighted by atomic mass is 9.88. The monoisotopic (exact) mass is 316 g/mol. The molecule has 2 fully saturated rings. The summed E-state index contributed by atoms with van der Waals surface area (Å²) < 4.78 is 5.45. The lowest BCUT2D eigenvalue weighted by Gasteiger charge is -2.37. The molecule has 0 unspecified atom stereocenters. The van der Waals surface area contributed by atoms with E-state index in [4.69, 9.17) is 10.5 Å². The first-order chi connectivity index (χ1) is 11.1. The van der Waals surface area contributed by atoms with Crippen molar-refractivity contribution < 1.29 is 9.53 Å². The van der Waals surface area contributed by atoms with Crippen LogP contribution in [0.1, 0.15) is 44.1 Å². The number of methoxy groups -OCH3 is 1. The first-order valence-corrected chi connectivity index (χ1v) is 8.82. The Kier molecular flexibility index (Phi) is 4.90. The van der Waals surface area contributed by atoms with Crippen LogP contribution in [0.4, 0.5) is 0 Å². The van der Waals surface area contributed by atoms with Crippen molar-refractivity contribution in [3.05, 3.63) is 29.8 Å². The second-order valence-electron chi connectivity index (χ2n) is 7.11. The van der Waals surface area contributed by atoms with Gasteiger partial charge >= 0.3 is 0 Å². The van der Waals surface area contributed by atoms with Crippen molar-refractivity contribution in [3.8, 4) is 5.75 Å². The first-order valence-electron chi connectivity index (χ1n) is 8.82. The molecule has 2 N–H and O–H groups in total. The van der Waals surface area contributed by atoms with Crippen molar-refractivity contribution in [1.82, 2.24) is 4.90 Å². The lowest BCUT2D eigenvalue weighted by molar-refractivity contribution is -0.138. The van der Waals surface area contributed by atoms with Crippen LogP contribution in [-0.4, -0.2) is 36.5 Å². The molecule has 1 heterocycles. The molecule has 1 amide bonds. The van der Waals surface area contributed by atoms with Gasteiger partial charge in [-0.1, -0.05) is 31.0 Å². The number of likely N-dealkylation sites (tertiary alicyclic amines) is 1. The summed E-state index contributed by atoms with van der Waals surface area (Å²) in [5.41, 5.74) is 7.02. The van der Waals surface area contributed by atoms with Gasteiger partial charge in [0.2, 0.25) is 5.91 Å². The number of hydrogen-bond acceptors (Lipinski definition) is 3. The van der Waals surface area contributed by atoms with E-state index in [0.29, 0.717) is 5.92 Å².